The lowest BCUT2D eigenvalue weighted by Gasteiger charge is -2.14. The van der Waals surface area contributed by atoms with Crippen molar-refractivity contribution in [3.63, 3.8) is 0 Å². The van der Waals surface area contributed by atoms with Gasteiger partial charge in [-0.25, -0.2) is 0 Å². The minimum absolute atomic E-state index is 0.0526. The summed E-state index contributed by atoms with van der Waals surface area (Å²) < 4.78 is 5.42. The molecule has 24 heavy (non-hydrogen) atoms. The molecule has 2 N–H and O–H groups in total. The van der Waals surface area contributed by atoms with Crippen LogP contribution in [0.5, 0.6) is 5.75 Å². The Labute approximate surface area is 142 Å². The number of rotatable bonds is 7. The highest BCUT2D eigenvalue weighted by Crippen LogP contribution is 2.11. The van der Waals surface area contributed by atoms with Crippen molar-refractivity contribution < 1.29 is 14.4 Å². The van der Waals surface area contributed by atoms with E-state index in [0.29, 0.717) is 24.4 Å². The van der Waals surface area contributed by atoms with Crippen LogP contribution >= 0.6 is 0 Å². The molecular weight excluding hydrogens is 302 g/mol. The number of hydrogen-bond donors (Lipinski definition) is 2. The molecule has 0 aliphatic heterocycles. The van der Waals surface area contributed by atoms with E-state index in [0.717, 1.165) is 22.8 Å². The van der Waals surface area contributed by atoms with Gasteiger partial charge in [0.25, 0.3) is 5.91 Å². The fraction of sp³-hybridized carbons (Fsp3) is 0.263. The van der Waals surface area contributed by atoms with Crippen LogP contribution in [0.2, 0.25) is 0 Å². The van der Waals surface area contributed by atoms with Gasteiger partial charge in [-0.3, -0.25) is 4.79 Å². The molecule has 5 nitrogen and oxygen atoms in total. The summed E-state index contributed by atoms with van der Waals surface area (Å²) in [6.45, 7) is 3.73. The summed E-state index contributed by atoms with van der Waals surface area (Å²) in [5.41, 5.74) is 2.43. The Hall–Kier alpha value is -2.84. The summed E-state index contributed by atoms with van der Waals surface area (Å²) in [6.07, 6.45) is 0. The fourth-order valence-electron chi connectivity index (χ4n) is 2.39. The van der Waals surface area contributed by atoms with E-state index in [-0.39, 0.29) is 5.91 Å². The fourth-order valence-corrected chi connectivity index (χ4v) is 2.39. The lowest BCUT2D eigenvalue weighted by Crippen LogP contribution is -3.08. The van der Waals surface area contributed by atoms with Crippen LogP contribution in [-0.4, -0.2) is 26.1 Å². The van der Waals surface area contributed by atoms with Crippen molar-refractivity contribution in [2.45, 2.75) is 13.5 Å². The van der Waals surface area contributed by atoms with Gasteiger partial charge in [-0.05, 0) is 55.5 Å². The van der Waals surface area contributed by atoms with Crippen LogP contribution < -0.4 is 15.0 Å². The molecule has 1 unspecified atom stereocenters. The number of nitriles is 1. The summed E-state index contributed by atoms with van der Waals surface area (Å²) in [6, 6.07) is 16.8. The number of nitrogens with one attached hydrogen (secondary N) is 2. The number of quaternary nitrogens is 1. The van der Waals surface area contributed by atoms with Gasteiger partial charge in [0.05, 0.1) is 25.3 Å². The maximum absolute atomic E-state index is 12.1. The highest BCUT2D eigenvalue weighted by Gasteiger charge is 2.11. The predicted octanol–water partition coefficient (Wildman–Crippen LogP) is 1.61. The zero-order valence-electron chi connectivity index (χ0n) is 14.0. The molecule has 0 saturated carbocycles. The standard InChI is InChI=1S/C19H21N3O2/c1-3-24-18-10-6-16(7-11-18)13-22(2)14-19(23)21-17-8-4-15(12-20)5-9-17/h4-11H,3,13-14H2,1-2H3,(H,21,23)/p+1. The maximum Gasteiger partial charge on any atom is 0.279 e. The number of anilines is 1. The Morgan fingerprint density at radius 2 is 1.83 bits per heavy atom. The highest BCUT2D eigenvalue weighted by atomic mass is 16.5. The zero-order valence-corrected chi connectivity index (χ0v) is 14.0. The molecule has 2 aromatic rings. The van der Waals surface area contributed by atoms with Gasteiger partial charge < -0.3 is 15.0 Å². The van der Waals surface area contributed by atoms with Crippen molar-refractivity contribution in [3.05, 3.63) is 59.7 Å². The van der Waals surface area contributed by atoms with Gasteiger partial charge in [0.2, 0.25) is 0 Å². The molecule has 0 saturated heterocycles. The first-order valence-electron chi connectivity index (χ1n) is 7.93. The monoisotopic (exact) mass is 324 g/mol. The number of amides is 1. The first-order chi connectivity index (χ1) is 11.6. The summed E-state index contributed by atoms with van der Waals surface area (Å²) in [5, 5.41) is 11.6. The van der Waals surface area contributed by atoms with Crippen LogP contribution in [0.4, 0.5) is 5.69 Å². The van der Waals surface area contributed by atoms with Crippen molar-refractivity contribution in [1.29, 1.82) is 5.26 Å². The minimum Gasteiger partial charge on any atom is -0.494 e. The highest BCUT2D eigenvalue weighted by molar-refractivity contribution is 5.91. The molecule has 0 radical (unpaired) electrons. The van der Waals surface area contributed by atoms with Crippen LogP contribution in [-0.2, 0) is 11.3 Å². The van der Waals surface area contributed by atoms with E-state index in [1.807, 2.05) is 38.2 Å². The Balaban J connectivity index is 1.83. The summed E-state index contributed by atoms with van der Waals surface area (Å²) in [7, 11) is 1.98. The van der Waals surface area contributed by atoms with Crippen molar-refractivity contribution in [2.75, 3.05) is 25.5 Å². The number of carbonyl (C=O) groups excluding carboxylic acids is 1. The second kappa shape index (κ2) is 8.70. The second-order valence-electron chi connectivity index (χ2n) is 5.62. The Morgan fingerprint density at radius 3 is 2.42 bits per heavy atom. The van der Waals surface area contributed by atoms with Crippen molar-refractivity contribution in [3.8, 4) is 11.8 Å². The molecule has 1 atom stereocenters. The Bertz CT molecular complexity index is 703. The molecule has 0 aliphatic rings. The number of likely N-dealkylation sites (N-methyl/N-ethyl adjacent to an activating group) is 1. The normalized spacial score (nSPS) is 11.4. The van der Waals surface area contributed by atoms with Gasteiger partial charge in [0, 0.05) is 11.3 Å². The van der Waals surface area contributed by atoms with Crippen LogP contribution in [0.25, 0.3) is 0 Å². The summed E-state index contributed by atoms with van der Waals surface area (Å²) in [4.78, 5) is 13.2. The summed E-state index contributed by atoms with van der Waals surface area (Å²) >= 11 is 0. The number of carbonyl (C=O) groups is 1. The minimum atomic E-state index is -0.0526. The van der Waals surface area contributed by atoms with Gasteiger partial charge in [0.1, 0.15) is 12.3 Å². The molecule has 1 amide bonds. The lowest BCUT2D eigenvalue weighted by molar-refractivity contribution is -0.885. The molecule has 0 spiro atoms. The van der Waals surface area contributed by atoms with Gasteiger partial charge in [0.15, 0.2) is 6.54 Å². The summed E-state index contributed by atoms with van der Waals surface area (Å²) in [5.74, 6) is 0.806. The molecule has 0 aromatic heterocycles. The van der Waals surface area contributed by atoms with Crippen LogP contribution in [0.1, 0.15) is 18.1 Å². The average molecular weight is 324 g/mol. The van der Waals surface area contributed by atoms with Gasteiger partial charge in [-0.15, -0.1) is 0 Å². The van der Waals surface area contributed by atoms with Crippen molar-refractivity contribution in [1.82, 2.24) is 0 Å². The zero-order chi connectivity index (χ0) is 17.4. The largest absolute Gasteiger partial charge is 0.494 e. The lowest BCUT2D eigenvalue weighted by atomic mass is 10.2. The van der Waals surface area contributed by atoms with E-state index in [9.17, 15) is 4.79 Å². The first-order valence-corrected chi connectivity index (χ1v) is 7.93. The molecule has 2 rings (SSSR count). The number of nitrogens with zero attached hydrogens (tertiary/aromatic N) is 1. The van der Waals surface area contributed by atoms with Crippen molar-refractivity contribution >= 4 is 11.6 Å². The van der Waals surface area contributed by atoms with E-state index in [2.05, 4.69) is 11.4 Å². The van der Waals surface area contributed by atoms with Gasteiger partial charge in [-0.2, -0.15) is 5.26 Å². The first kappa shape index (κ1) is 17.5. The van der Waals surface area contributed by atoms with Crippen LogP contribution in [0, 0.1) is 11.3 Å². The van der Waals surface area contributed by atoms with E-state index in [4.69, 9.17) is 10.00 Å². The molecule has 0 bridgehead atoms. The SMILES string of the molecule is CCOc1ccc(C[NH+](C)CC(=O)Nc2ccc(C#N)cc2)cc1. The van der Waals surface area contributed by atoms with Gasteiger partial charge in [-0.1, -0.05) is 0 Å². The van der Waals surface area contributed by atoms with Crippen molar-refractivity contribution in [2.24, 2.45) is 0 Å². The maximum atomic E-state index is 12.1. The molecule has 124 valence electrons. The predicted molar refractivity (Wildman–Crippen MR) is 92.9 cm³/mol. The van der Waals surface area contributed by atoms with Gasteiger partial charge >= 0.3 is 0 Å². The van der Waals surface area contributed by atoms with Crippen LogP contribution in [0.15, 0.2) is 48.5 Å². The topological polar surface area (TPSA) is 66.6 Å². The number of ether oxygens (including phenoxy) is 1. The van der Waals surface area contributed by atoms with E-state index >= 15 is 0 Å². The Morgan fingerprint density at radius 1 is 1.17 bits per heavy atom. The third kappa shape index (κ3) is 5.41. The molecule has 0 fully saturated rings. The number of benzene rings is 2. The average Bonchev–Trinajstić information content (AvgIpc) is 2.57. The molecule has 5 heteroatoms. The number of hydrogen-bond acceptors (Lipinski definition) is 3. The van der Waals surface area contributed by atoms with E-state index in [1.54, 1.807) is 24.3 Å². The van der Waals surface area contributed by atoms with Crippen LogP contribution in [0.3, 0.4) is 0 Å². The van der Waals surface area contributed by atoms with E-state index in [1.165, 1.54) is 0 Å². The van der Waals surface area contributed by atoms with E-state index < -0.39 is 0 Å². The molecule has 0 aliphatic carbocycles. The molecule has 0 heterocycles. The quantitative estimate of drug-likeness (QED) is 0.813. The third-order valence-corrected chi connectivity index (χ3v) is 3.50. The molecule has 2 aromatic carbocycles. The third-order valence-electron chi connectivity index (χ3n) is 3.50. The second-order valence-corrected chi connectivity index (χ2v) is 5.62. The Kier molecular flexibility index (Phi) is 6.35. The molecular formula is C19H22N3O2+. The smallest absolute Gasteiger partial charge is 0.279 e.